The summed E-state index contributed by atoms with van der Waals surface area (Å²) >= 11 is 0. The van der Waals surface area contributed by atoms with E-state index < -0.39 is 0 Å². The van der Waals surface area contributed by atoms with Crippen LogP contribution in [0, 0.1) is 5.92 Å². The average molecular weight is 276 g/mol. The predicted molar refractivity (Wildman–Crippen MR) is 79.4 cm³/mol. The van der Waals surface area contributed by atoms with Crippen molar-refractivity contribution in [1.82, 2.24) is 4.90 Å². The Morgan fingerprint density at radius 3 is 2.70 bits per heavy atom. The van der Waals surface area contributed by atoms with Gasteiger partial charge in [0.25, 0.3) is 5.91 Å². The van der Waals surface area contributed by atoms with Crippen molar-refractivity contribution in [3.63, 3.8) is 0 Å². The summed E-state index contributed by atoms with van der Waals surface area (Å²) in [6.07, 6.45) is 2.20. The lowest BCUT2D eigenvalue weighted by Gasteiger charge is -2.27. The molecule has 1 aromatic rings. The monoisotopic (exact) mass is 276 g/mol. The number of nitrogens with two attached hydrogens (primary N) is 1. The molecular formula is C16H24N2O2. The van der Waals surface area contributed by atoms with Crippen molar-refractivity contribution in [2.45, 2.75) is 39.3 Å². The fourth-order valence-corrected chi connectivity index (χ4v) is 2.75. The second kappa shape index (κ2) is 6.75. The van der Waals surface area contributed by atoms with Crippen molar-refractivity contribution in [2.75, 3.05) is 13.2 Å². The Balaban J connectivity index is 1.88. The van der Waals surface area contributed by atoms with Crippen LogP contribution in [-0.4, -0.2) is 30.0 Å². The van der Waals surface area contributed by atoms with Crippen molar-refractivity contribution in [3.8, 4) is 5.75 Å². The summed E-state index contributed by atoms with van der Waals surface area (Å²) in [5.41, 5.74) is 6.61. The highest BCUT2D eigenvalue weighted by atomic mass is 16.5. The summed E-state index contributed by atoms with van der Waals surface area (Å²) in [5.74, 6) is 1.31. The summed E-state index contributed by atoms with van der Waals surface area (Å²) < 4.78 is 5.58. The lowest BCUT2D eigenvalue weighted by atomic mass is 10.0. The van der Waals surface area contributed by atoms with E-state index in [2.05, 4.69) is 13.8 Å². The molecule has 110 valence electrons. The number of likely N-dealkylation sites (tertiary alicyclic amines) is 1. The minimum Gasteiger partial charge on any atom is -0.484 e. The fourth-order valence-electron chi connectivity index (χ4n) is 2.75. The largest absolute Gasteiger partial charge is 0.484 e. The first kappa shape index (κ1) is 14.9. The van der Waals surface area contributed by atoms with Gasteiger partial charge in [-0.25, -0.2) is 0 Å². The topological polar surface area (TPSA) is 55.6 Å². The Kier molecular flexibility index (Phi) is 5.01. The quantitative estimate of drug-likeness (QED) is 0.896. The van der Waals surface area contributed by atoms with E-state index in [-0.39, 0.29) is 12.5 Å². The van der Waals surface area contributed by atoms with E-state index in [1.54, 1.807) is 0 Å². The van der Waals surface area contributed by atoms with Gasteiger partial charge in [-0.2, -0.15) is 0 Å². The molecule has 0 aliphatic carbocycles. The van der Waals surface area contributed by atoms with Gasteiger partial charge in [-0.3, -0.25) is 4.79 Å². The molecule has 1 aromatic carbocycles. The number of carbonyl (C=O) groups is 1. The first-order valence-corrected chi connectivity index (χ1v) is 7.33. The molecule has 1 atom stereocenters. The van der Waals surface area contributed by atoms with Crippen LogP contribution in [0.2, 0.25) is 0 Å². The van der Waals surface area contributed by atoms with E-state index in [0.29, 0.717) is 18.5 Å². The van der Waals surface area contributed by atoms with Gasteiger partial charge in [0.05, 0.1) is 0 Å². The smallest absolute Gasteiger partial charge is 0.260 e. The molecule has 4 nitrogen and oxygen atoms in total. The van der Waals surface area contributed by atoms with Crippen molar-refractivity contribution in [1.29, 1.82) is 0 Å². The molecule has 0 aromatic heterocycles. The maximum Gasteiger partial charge on any atom is 0.260 e. The maximum atomic E-state index is 12.2. The standard InChI is InChI=1S/C16H24N2O2/c1-12(2)15-4-3-9-18(15)16(19)11-20-14-7-5-13(10-17)6-8-14/h5-8,12,15H,3-4,9-11,17H2,1-2H3. The van der Waals surface area contributed by atoms with Gasteiger partial charge in [0.15, 0.2) is 6.61 Å². The highest BCUT2D eigenvalue weighted by Gasteiger charge is 2.30. The van der Waals surface area contributed by atoms with Crippen LogP contribution in [0.15, 0.2) is 24.3 Å². The van der Waals surface area contributed by atoms with E-state index in [1.165, 1.54) is 0 Å². The van der Waals surface area contributed by atoms with Crippen LogP contribution < -0.4 is 10.5 Å². The second-order valence-electron chi connectivity index (χ2n) is 5.68. The highest BCUT2D eigenvalue weighted by molar-refractivity contribution is 5.78. The number of hydrogen-bond acceptors (Lipinski definition) is 3. The van der Waals surface area contributed by atoms with Gasteiger partial charge in [-0.15, -0.1) is 0 Å². The van der Waals surface area contributed by atoms with Crippen LogP contribution in [0.3, 0.4) is 0 Å². The Morgan fingerprint density at radius 1 is 1.40 bits per heavy atom. The molecule has 1 amide bonds. The zero-order valence-electron chi connectivity index (χ0n) is 12.3. The van der Waals surface area contributed by atoms with Gasteiger partial charge in [0.1, 0.15) is 5.75 Å². The average Bonchev–Trinajstić information content (AvgIpc) is 2.95. The fraction of sp³-hybridized carbons (Fsp3) is 0.562. The lowest BCUT2D eigenvalue weighted by molar-refractivity contribution is -0.134. The van der Waals surface area contributed by atoms with Crippen LogP contribution >= 0.6 is 0 Å². The van der Waals surface area contributed by atoms with E-state index >= 15 is 0 Å². The van der Waals surface area contributed by atoms with Crippen molar-refractivity contribution in [2.24, 2.45) is 11.7 Å². The van der Waals surface area contributed by atoms with Crippen molar-refractivity contribution in [3.05, 3.63) is 29.8 Å². The van der Waals surface area contributed by atoms with Crippen LogP contribution in [0.25, 0.3) is 0 Å². The molecule has 0 spiro atoms. The second-order valence-corrected chi connectivity index (χ2v) is 5.68. The molecule has 1 aliphatic heterocycles. The van der Waals surface area contributed by atoms with E-state index in [0.717, 1.165) is 30.7 Å². The van der Waals surface area contributed by atoms with Gasteiger partial charge in [-0.05, 0) is 36.5 Å². The Labute approximate surface area is 120 Å². The minimum atomic E-state index is 0.0871. The number of hydrogen-bond donors (Lipinski definition) is 1. The number of rotatable bonds is 5. The molecule has 1 fully saturated rings. The molecule has 2 N–H and O–H groups in total. The van der Waals surface area contributed by atoms with Crippen LogP contribution in [0.1, 0.15) is 32.3 Å². The van der Waals surface area contributed by atoms with Gasteiger partial charge in [0.2, 0.25) is 0 Å². The number of ether oxygens (including phenoxy) is 1. The molecule has 1 saturated heterocycles. The SMILES string of the molecule is CC(C)C1CCCN1C(=O)COc1ccc(CN)cc1. The van der Waals surface area contributed by atoms with Crippen LogP contribution in [0.4, 0.5) is 0 Å². The number of nitrogens with zero attached hydrogens (tertiary/aromatic N) is 1. The molecule has 2 rings (SSSR count). The summed E-state index contributed by atoms with van der Waals surface area (Å²) in [7, 11) is 0. The molecular weight excluding hydrogens is 252 g/mol. The summed E-state index contributed by atoms with van der Waals surface area (Å²) in [5, 5.41) is 0. The Hall–Kier alpha value is -1.55. The van der Waals surface area contributed by atoms with Crippen molar-refractivity contribution < 1.29 is 9.53 Å². The molecule has 1 heterocycles. The predicted octanol–water partition coefficient (Wildman–Crippen LogP) is 2.17. The summed E-state index contributed by atoms with van der Waals surface area (Å²) in [4.78, 5) is 14.2. The molecule has 4 heteroatoms. The van der Waals surface area contributed by atoms with Gasteiger partial charge < -0.3 is 15.4 Å². The van der Waals surface area contributed by atoms with E-state index in [4.69, 9.17) is 10.5 Å². The molecule has 20 heavy (non-hydrogen) atoms. The lowest BCUT2D eigenvalue weighted by Crippen LogP contribution is -2.41. The van der Waals surface area contributed by atoms with E-state index in [9.17, 15) is 4.79 Å². The molecule has 0 radical (unpaired) electrons. The molecule has 1 unspecified atom stereocenters. The van der Waals surface area contributed by atoms with Gasteiger partial charge in [-0.1, -0.05) is 26.0 Å². The zero-order valence-corrected chi connectivity index (χ0v) is 12.3. The normalized spacial score (nSPS) is 18.6. The maximum absolute atomic E-state index is 12.2. The number of amides is 1. The Morgan fingerprint density at radius 2 is 2.10 bits per heavy atom. The van der Waals surface area contributed by atoms with Crippen molar-refractivity contribution >= 4 is 5.91 Å². The van der Waals surface area contributed by atoms with Gasteiger partial charge in [0, 0.05) is 19.1 Å². The Bertz CT molecular complexity index is 442. The van der Waals surface area contributed by atoms with E-state index in [1.807, 2.05) is 29.2 Å². The molecule has 1 aliphatic rings. The highest BCUT2D eigenvalue weighted by Crippen LogP contribution is 2.24. The summed E-state index contributed by atoms with van der Waals surface area (Å²) in [6, 6.07) is 7.93. The molecule has 0 saturated carbocycles. The zero-order chi connectivity index (χ0) is 14.5. The summed E-state index contributed by atoms with van der Waals surface area (Å²) in [6.45, 7) is 5.83. The number of benzene rings is 1. The first-order chi connectivity index (χ1) is 9.61. The third-order valence-electron chi connectivity index (χ3n) is 3.91. The van der Waals surface area contributed by atoms with Gasteiger partial charge >= 0.3 is 0 Å². The third kappa shape index (κ3) is 3.51. The molecule has 0 bridgehead atoms. The first-order valence-electron chi connectivity index (χ1n) is 7.33. The van der Waals surface area contributed by atoms with Crippen LogP contribution in [0.5, 0.6) is 5.75 Å². The van der Waals surface area contributed by atoms with Crippen LogP contribution in [-0.2, 0) is 11.3 Å². The minimum absolute atomic E-state index is 0.0871. The third-order valence-corrected chi connectivity index (χ3v) is 3.91. The number of carbonyl (C=O) groups excluding carboxylic acids is 1.